The Balaban J connectivity index is 1.90. The molecule has 128 valence electrons. The fraction of sp³-hybridized carbons (Fsp3) is 0.167. The molecule has 1 aliphatic heterocycles. The second-order valence-corrected chi connectivity index (χ2v) is 7.50. The van der Waals surface area contributed by atoms with Gasteiger partial charge in [-0.05, 0) is 42.3 Å². The molecule has 0 saturated heterocycles. The zero-order valence-corrected chi connectivity index (χ0v) is 14.3. The number of rotatable bonds is 2. The van der Waals surface area contributed by atoms with Crippen molar-refractivity contribution >= 4 is 32.6 Å². The molecule has 0 aliphatic carbocycles. The van der Waals surface area contributed by atoms with E-state index in [0.717, 1.165) is 16.8 Å². The third-order valence-corrected chi connectivity index (χ3v) is 5.52. The lowest BCUT2D eigenvalue weighted by Crippen LogP contribution is -2.38. The van der Waals surface area contributed by atoms with E-state index in [1.807, 2.05) is 30.3 Å². The Kier molecular flexibility index (Phi) is 3.45. The summed E-state index contributed by atoms with van der Waals surface area (Å²) in [5.74, 6) is -0.112. The average molecular weight is 356 g/mol. The van der Waals surface area contributed by atoms with Crippen molar-refractivity contribution in [3.8, 4) is 0 Å². The Bertz CT molecular complexity index is 1100. The molecule has 1 N–H and O–H groups in total. The van der Waals surface area contributed by atoms with Crippen LogP contribution in [-0.4, -0.2) is 30.0 Å². The summed E-state index contributed by atoms with van der Waals surface area (Å²) in [5, 5.41) is 0.689. The maximum absolute atomic E-state index is 13.0. The molecule has 2 heterocycles. The maximum atomic E-state index is 13.0. The summed E-state index contributed by atoms with van der Waals surface area (Å²) in [6, 6.07) is 13.9. The zero-order valence-electron chi connectivity index (χ0n) is 13.5. The number of anilines is 1. The Labute approximate surface area is 145 Å². The number of hydrogen-bond acceptors (Lipinski definition) is 3. The number of fused-ring (bicyclic) bond motifs is 3. The molecule has 3 aromatic rings. The van der Waals surface area contributed by atoms with Gasteiger partial charge in [-0.3, -0.25) is 9.35 Å². The monoisotopic (exact) mass is 356 g/mol. The molecule has 0 unspecified atom stereocenters. The van der Waals surface area contributed by atoms with Crippen LogP contribution in [0.15, 0.2) is 53.4 Å². The van der Waals surface area contributed by atoms with Crippen LogP contribution in [0.25, 0.3) is 10.9 Å². The number of hydrogen-bond donors (Lipinski definition) is 1. The van der Waals surface area contributed by atoms with Gasteiger partial charge in [0, 0.05) is 30.2 Å². The standard InChI is InChI=1S/C18H16N2O4S/c1-19-16-8-7-13(25(22,23)24)11-15(16)14-9-10-20(18(21)17(14)19)12-5-3-2-4-6-12/h2-8,11H,9-10H2,1H3,(H,22,23,24). The number of benzene rings is 2. The number of carbonyl (C=O) groups excluding carboxylic acids is 1. The normalized spacial score (nSPS) is 14.8. The van der Waals surface area contributed by atoms with Gasteiger partial charge in [0.05, 0.1) is 4.90 Å². The van der Waals surface area contributed by atoms with Crippen LogP contribution in [-0.2, 0) is 23.6 Å². The lowest BCUT2D eigenvalue weighted by atomic mass is 10.0. The van der Waals surface area contributed by atoms with Gasteiger partial charge in [0.2, 0.25) is 0 Å². The first-order valence-corrected chi connectivity index (χ1v) is 9.27. The number of nitrogens with zero attached hydrogens (tertiary/aromatic N) is 2. The quantitative estimate of drug-likeness (QED) is 0.716. The van der Waals surface area contributed by atoms with Crippen molar-refractivity contribution in [2.75, 3.05) is 11.4 Å². The highest BCUT2D eigenvalue weighted by molar-refractivity contribution is 7.85. The molecule has 25 heavy (non-hydrogen) atoms. The highest BCUT2D eigenvalue weighted by atomic mass is 32.2. The van der Waals surface area contributed by atoms with E-state index in [-0.39, 0.29) is 10.8 Å². The summed E-state index contributed by atoms with van der Waals surface area (Å²) in [6.45, 7) is 0.519. The number of para-hydroxylation sites is 1. The first-order chi connectivity index (χ1) is 11.9. The predicted molar refractivity (Wildman–Crippen MR) is 94.6 cm³/mol. The predicted octanol–water partition coefficient (Wildman–Crippen LogP) is 2.63. The van der Waals surface area contributed by atoms with Crippen molar-refractivity contribution in [3.05, 3.63) is 59.8 Å². The molecule has 1 aliphatic rings. The van der Waals surface area contributed by atoms with Crippen molar-refractivity contribution in [1.82, 2.24) is 4.57 Å². The molecular formula is C18H16N2O4S. The average Bonchev–Trinajstić information content (AvgIpc) is 2.88. The van der Waals surface area contributed by atoms with Crippen molar-refractivity contribution in [2.24, 2.45) is 7.05 Å². The minimum absolute atomic E-state index is 0.112. The number of amides is 1. The van der Waals surface area contributed by atoms with Crippen LogP contribution in [0.5, 0.6) is 0 Å². The minimum Gasteiger partial charge on any atom is -0.339 e. The van der Waals surface area contributed by atoms with E-state index in [1.54, 1.807) is 22.6 Å². The molecule has 0 atom stereocenters. The largest absolute Gasteiger partial charge is 0.339 e. The topological polar surface area (TPSA) is 79.6 Å². The van der Waals surface area contributed by atoms with Crippen LogP contribution in [0.4, 0.5) is 5.69 Å². The van der Waals surface area contributed by atoms with Gasteiger partial charge >= 0.3 is 0 Å². The van der Waals surface area contributed by atoms with Crippen molar-refractivity contribution in [1.29, 1.82) is 0 Å². The molecule has 0 bridgehead atoms. The second-order valence-electron chi connectivity index (χ2n) is 6.08. The molecule has 0 radical (unpaired) electrons. The highest BCUT2D eigenvalue weighted by Crippen LogP contribution is 2.33. The van der Waals surface area contributed by atoms with Gasteiger partial charge in [-0.2, -0.15) is 8.42 Å². The van der Waals surface area contributed by atoms with E-state index >= 15 is 0 Å². The molecule has 1 aromatic heterocycles. The number of carbonyl (C=O) groups is 1. The van der Waals surface area contributed by atoms with E-state index in [4.69, 9.17) is 0 Å². The Hall–Kier alpha value is -2.64. The fourth-order valence-electron chi connectivity index (χ4n) is 3.49. The summed E-state index contributed by atoms with van der Waals surface area (Å²) in [4.78, 5) is 14.6. The van der Waals surface area contributed by atoms with Crippen molar-refractivity contribution < 1.29 is 17.8 Å². The molecule has 2 aromatic carbocycles. The van der Waals surface area contributed by atoms with Crippen molar-refractivity contribution in [2.45, 2.75) is 11.3 Å². The lowest BCUT2D eigenvalue weighted by Gasteiger charge is -2.27. The third kappa shape index (κ3) is 2.43. The van der Waals surface area contributed by atoms with Crippen LogP contribution in [0.2, 0.25) is 0 Å². The highest BCUT2D eigenvalue weighted by Gasteiger charge is 2.31. The van der Waals surface area contributed by atoms with E-state index < -0.39 is 10.1 Å². The molecule has 4 rings (SSSR count). The first kappa shape index (κ1) is 15.9. The third-order valence-electron chi connectivity index (χ3n) is 4.67. The Morgan fingerprint density at radius 3 is 2.48 bits per heavy atom. The molecule has 0 fully saturated rings. The van der Waals surface area contributed by atoms with E-state index in [2.05, 4.69) is 0 Å². The SMILES string of the molecule is Cn1c2c(c3cc(S(=O)(=O)O)ccc31)CCN(c1ccccc1)C2=O. The summed E-state index contributed by atoms with van der Waals surface area (Å²) in [5.41, 5.74) is 2.97. The van der Waals surface area contributed by atoms with Crippen LogP contribution in [0, 0.1) is 0 Å². The molecule has 1 amide bonds. The molecule has 0 spiro atoms. The van der Waals surface area contributed by atoms with Gasteiger partial charge in [-0.1, -0.05) is 18.2 Å². The number of aromatic nitrogens is 1. The van der Waals surface area contributed by atoms with Crippen LogP contribution in [0.1, 0.15) is 16.1 Å². The Morgan fingerprint density at radius 1 is 1.08 bits per heavy atom. The van der Waals surface area contributed by atoms with Crippen LogP contribution >= 0.6 is 0 Å². The van der Waals surface area contributed by atoms with E-state index in [1.165, 1.54) is 12.1 Å². The van der Waals surface area contributed by atoms with E-state index in [0.29, 0.717) is 24.0 Å². The molecule has 6 nitrogen and oxygen atoms in total. The summed E-state index contributed by atoms with van der Waals surface area (Å²) >= 11 is 0. The zero-order chi connectivity index (χ0) is 17.8. The van der Waals surface area contributed by atoms with Crippen LogP contribution < -0.4 is 4.90 Å². The first-order valence-electron chi connectivity index (χ1n) is 7.83. The lowest BCUT2D eigenvalue weighted by molar-refractivity contribution is 0.0973. The summed E-state index contributed by atoms with van der Waals surface area (Å²) in [6.07, 6.45) is 0.613. The summed E-state index contributed by atoms with van der Waals surface area (Å²) < 4.78 is 33.9. The minimum atomic E-state index is -4.28. The van der Waals surface area contributed by atoms with E-state index in [9.17, 15) is 17.8 Å². The van der Waals surface area contributed by atoms with Gasteiger partial charge in [-0.15, -0.1) is 0 Å². The molecule has 7 heteroatoms. The fourth-order valence-corrected chi connectivity index (χ4v) is 4.00. The molecule has 0 saturated carbocycles. The number of aryl methyl sites for hydroxylation is 1. The van der Waals surface area contributed by atoms with Crippen LogP contribution in [0.3, 0.4) is 0 Å². The van der Waals surface area contributed by atoms with Gasteiger partial charge in [-0.25, -0.2) is 0 Å². The second kappa shape index (κ2) is 5.44. The summed E-state index contributed by atoms with van der Waals surface area (Å²) in [7, 11) is -2.49. The Morgan fingerprint density at radius 2 is 1.80 bits per heavy atom. The van der Waals surface area contributed by atoms with Gasteiger partial charge in [0.15, 0.2) is 0 Å². The van der Waals surface area contributed by atoms with Crippen molar-refractivity contribution in [3.63, 3.8) is 0 Å². The van der Waals surface area contributed by atoms with Gasteiger partial charge in [0.25, 0.3) is 16.0 Å². The van der Waals surface area contributed by atoms with Gasteiger partial charge in [0.1, 0.15) is 5.69 Å². The smallest absolute Gasteiger partial charge is 0.294 e. The maximum Gasteiger partial charge on any atom is 0.294 e. The molecular weight excluding hydrogens is 340 g/mol. The van der Waals surface area contributed by atoms with Gasteiger partial charge < -0.3 is 9.47 Å².